The number of rotatable bonds is 2. The molecule has 1 aromatic heterocycles. The van der Waals surface area contributed by atoms with E-state index in [2.05, 4.69) is 42.9 Å². The molecule has 0 unspecified atom stereocenters. The van der Waals surface area contributed by atoms with E-state index in [1.807, 2.05) is 6.92 Å². The second-order valence-electron chi connectivity index (χ2n) is 4.58. The molecule has 0 fully saturated rings. The van der Waals surface area contributed by atoms with Crippen LogP contribution in [0.25, 0.3) is 11.3 Å². The summed E-state index contributed by atoms with van der Waals surface area (Å²) in [5.41, 5.74) is 6.52. The molecule has 0 saturated carbocycles. The van der Waals surface area contributed by atoms with Crippen molar-refractivity contribution in [3.05, 3.63) is 40.8 Å². The van der Waals surface area contributed by atoms with Crippen molar-refractivity contribution in [2.24, 2.45) is 0 Å². The minimum atomic E-state index is 0.946. The number of benzene rings is 1. The van der Waals surface area contributed by atoms with E-state index < -0.39 is 0 Å². The lowest BCUT2D eigenvalue weighted by Gasteiger charge is -2.12. The first-order valence-electron chi connectivity index (χ1n) is 5.98. The third-order valence-electron chi connectivity index (χ3n) is 3.27. The van der Waals surface area contributed by atoms with Crippen LogP contribution in [0.2, 0.25) is 0 Å². The average Bonchev–Trinajstić information content (AvgIpc) is 2.32. The Morgan fingerprint density at radius 1 is 0.944 bits per heavy atom. The highest BCUT2D eigenvalue weighted by Crippen LogP contribution is 2.30. The van der Waals surface area contributed by atoms with Gasteiger partial charge in [0.15, 0.2) is 0 Å². The van der Waals surface area contributed by atoms with Crippen LogP contribution in [-0.4, -0.2) is 17.1 Å². The fourth-order valence-electron chi connectivity index (χ4n) is 2.24. The Kier molecular flexibility index (Phi) is 3.32. The van der Waals surface area contributed by atoms with Gasteiger partial charge in [-0.25, -0.2) is 9.97 Å². The van der Waals surface area contributed by atoms with Crippen molar-refractivity contribution in [3.8, 4) is 17.0 Å². The van der Waals surface area contributed by atoms with Gasteiger partial charge in [-0.1, -0.05) is 0 Å². The van der Waals surface area contributed by atoms with Crippen molar-refractivity contribution >= 4 is 0 Å². The first kappa shape index (κ1) is 12.6. The molecule has 18 heavy (non-hydrogen) atoms. The van der Waals surface area contributed by atoms with Gasteiger partial charge in [0.05, 0.1) is 12.8 Å². The van der Waals surface area contributed by atoms with Crippen molar-refractivity contribution in [1.29, 1.82) is 0 Å². The molecule has 0 N–H and O–H groups in total. The quantitative estimate of drug-likeness (QED) is 0.809. The predicted octanol–water partition coefficient (Wildman–Crippen LogP) is 3.39. The van der Waals surface area contributed by atoms with Crippen LogP contribution in [0, 0.1) is 27.7 Å². The van der Waals surface area contributed by atoms with Crippen molar-refractivity contribution in [1.82, 2.24) is 9.97 Å². The van der Waals surface area contributed by atoms with Crippen LogP contribution < -0.4 is 4.74 Å². The Bertz CT molecular complexity index is 568. The van der Waals surface area contributed by atoms with Gasteiger partial charge in [-0.05, 0) is 56.5 Å². The van der Waals surface area contributed by atoms with Gasteiger partial charge in [-0.15, -0.1) is 0 Å². The molecular weight excluding hydrogens is 224 g/mol. The number of hydrogen-bond donors (Lipinski definition) is 0. The normalized spacial score (nSPS) is 10.5. The Morgan fingerprint density at radius 2 is 1.56 bits per heavy atom. The van der Waals surface area contributed by atoms with Gasteiger partial charge in [0.2, 0.25) is 0 Å². The maximum Gasteiger partial charge on any atom is 0.124 e. The Morgan fingerprint density at radius 3 is 2.11 bits per heavy atom. The summed E-state index contributed by atoms with van der Waals surface area (Å²) in [5.74, 6) is 0.946. The van der Waals surface area contributed by atoms with E-state index in [1.165, 1.54) is 0 Å². The molecule has 1 aromatic carbocycles. The van der Waals surface area contributed by atoms with E-state index in [9.17, 15) is 0 Å². The summed E-state index contributed by atoms with van der Waals surface area (Å²) in [6, 6.07) is 4.22. The number of methoxy groups -OCH3 is 1. The molecule has 3 nitrogen and oxygen atoms in total. The third-order valence-corrected chi connectivity index (χ3v) is 3.27. The van der Waals surface area contributed by atoms with Crippen molar-refractivity contribution in [2.75, 3.05) is 7.11 Å². The number of aromatic nitrogens is 2. The monoisotopic (exact) mass is 242 g/mol. The largest absolute Gasteiger partial charge is 0.496 e. The number of aryl methyl sites for hydroxylation is 3. The molecule has 0 amide bonds. The molecule has 94 valence electrons. The number of nitrogens with zero attached hydrogens (tertiary/aromatic N) is 2. The molecule has 2 rings (SSSR count). The molecule has 0 spiro atoms. The average molecular weight is 242 g/mol. The van der Waals surface area contributed by atoms with Gasteiger partial charge in [0.1, 0.15) is 12.1 Å². The maximum absolute atomic E-state index is 5.39. The molecule has 0 saturated heterocycles. The Balaban J connectivity index is 2.62. The SMILES string of the molecule is COc1c(C)cc(-c2ncnc(C)c2C)cc1C. The molecule has 0 aliphatic rings. The van der Waals surface area contributed by atoms with Gasteiger partial charge in [-0.3, -0.25) is 0 Å². The Hall–Kier alpha value is -1.90. The lowest BCUT2D eigenvalue weighted by molar-refractivity contribution is 0.408. The Labute approximate surface area is 108 Å². The molecule has 1 heterocycles. The molecule has 0 atom stereocenters. The second kappa shape index (κ2) is 4.77. The highest BCUT2D eigenvalue weighted by atomic mass is 16.5. The first-order chi connectivity index (χ1) is 8.54. The van der Waals surface area contributed by atoms with Crippen molar-refractivity contribution < 1.29 is 4.74 Å². The minimum absolute atomic E-state index is 0.946. The molecule has 0 aliphatic heterocycles. The van der Waals surface area contributed by atoms with E-state index in [0.717, 1.165) is 39.4 Å². The summed E-state index contributed by atoms with van der Waals surface area (Å²) in [4.78, 5) is 8.60. The molecule has 0 radical (unpaired) electrons. The zero-order valence-corrected chi connectivity index (χ0v) is 11.5. The second-order valence-corrected chi connectivity index (χ2v) is 4.58. The number of ether oxygens (including phenoxy) is 1. The molecule has 2 aromatic rings. The van der Waals surface area contributed by atoms with Gasteiger partial charge in [0.25, 0.3) is 0 Å². The maximum atomic E-state index is 5.39. The minimum Gasteiger partial charge on any atom is -0.496 e. The van der Waals surface area contributed by atoms with Gasteiger partial charge < -0.3 is 4.74 Å². The van der Waals surface area contributed by atoms with E-state index >= 15 is 0 Å². The number of hydrogen-bond acceptors (Lipinski definition) is 3. The van der Waals surface area contributed by atoms with Gasteiger partial charge in [0, 0.05) is 11.3 Å². The summed E-state index contributed by atoms with van der Waals surface area (Å²) < 4.78 is 5.39. The van der Waals surface area contributed by atoms with Gasteiger partial charge >= 0.3 is 0 Å². The van der Waals surface area contributed by atoms with E-state index in [1.54, 1.807) is 13.4 Å². The fourth-order valence-corrected chi connectivity index (χ4v) is 2.24. The zero-order chi connectivity index (χ0) is 13.3. The molecular formula is C15H18N2O. The van der Waals surface area contributed by atoms with Crippen molar-refractivity contribution in [2.45, 2.75) is 27.7 Å². The van der Waals surface area contributed by atoms with Crippen LogP contribution in [0.5, 0.6) is 5.75 Å². The van der Waals surface area contributed by atoms with Crippen LogP contribution in [0.1, 0.15) is 22.4 Å². The third kappa shape index (κ3) is 2.08. The van der Waals surface area contributed by atoms with Crippen LogP contribution in [0.3, 0.4) is 0 Å². The van der Waals surface area contributed by atoms with Crippen LogP contribution in [-0.2, 0) is 0 Å². The lowest BCUT2D eigenvalue weighted by atomic mass is 10.0. The molecule has 3 heteroatoms. The van der Waals surface area contributed by atoms with E-state index in [-0.39, 0.29) is 0 Å². The van der Waals surface area contributed by atoms with Crippen LogP contribution in [0.4, 0.5) is 0 Å². The topological polar surface area (TPSA) is 35.0 Å². The summed E-state index contributed by atoms with van der Waals surface area (Å²) in [6.45, 7) is 8.17. The zero-order valence-electron chi connectivity index (χ0n) is 11.5. The van der Waals surface area contributed by atoms with E-state index in [0.29, 0.717) is 0 Å². The highest BCUT2D eigenvalue weighted by molar-refractivity contribution is 5.67. The fraction of sp³-hybridized carbons (Fsp3) is 0.333. The highest BCUT2D eigenvalue weighted by Gasteiger charge is 2.10. The summed E-state index contributed by atoms with van der Waals surface area (Å²) >= 11 is 0. The smallest absolute Gasteiger partial charge is 0.124 e. The first-order valence-corrected chi connectivity index (χ1v) is 5.98. The molecule has 0 aliphatic carbocycles. The standard InChI is InChI=1S/C15H18N2O/c1-9-6-13(7-10(2)15(9)18-5)14-11(3)12(4)16-8-17-14/h6-8H,1-5H3. The predicted molar refractivity (Wildman–Crippen MR) is 73.0 cm³/mol. The molecule has 0 bridgehead atoms. The summed E-state index contributed by atoms with van der Waals surface area (Å²) in [7, 11) is 1.70. The van der Waals surface area contributed by atoms with E-state index in [4.69, 9.17) is 4.74 Å². The van der Waals surface area contributed by atoms with Gasteiger partial charge in [-0.2, -0.15) is 0 Å². The van der Waals surface area contributed by atoms with Crippen LogP contribution >= 0.6 is 0 Å². The summed E-state index contributed by atoms with van der Waals surface area (Å²) in [6.07, 6.45) is 1.62. The van der Waals surface area contributed by atoms with Crippen molar-refractivity contribution in [3.63, 3.8) is 0 Å². The lowest BCUT2D eigenvalue weighted by Crippen LogP contribution is -1.97. The van der Waals surface area contributed by atoms with Crippen LogP contribution in [0.15, 0.2) is 18.5 Å². The summed E-state index contributed by atoms with van der Waals surface area (Å²) in [5, 5.41) is 0.